The van der Waals surface area contributed by atoms with Crippen LogP contribution in [0.2, 0.25) is 0 Å². The zero-order chi connectivity index (χ0) is 28.3. The van der Waals surface area contributed by atoms with Gasteiger partial charge >= 0.3 is 6.09 Å². The number of rotatable bonds is 8. The van der Waals surface area contributed by atoms with E-state index in [1.54, 1.807) is 32.9 Å². The molecule has 0 bridgehead atoms. The Labute approximate surface area is 223 Å². The fraction of sp³-hybridized carbons (Fsp3) is 0.250. The molecule has 2 N–H and O–H groups in total. The van der Waals surface area contributed by atoms with E-state index in [1.165, 1.54) is 50.0 Å². The number of primary amides is 1. The van der Waals surface area contributed by atoms with Crippen LogP contribution in [0.25, 0.3) is 10.9 Å². The van der Waals surface area contributed by atoms with E-state index in [-0.39, 0.29) is 41.4 Å². The number of ether oxygens (including phenoxy) is 3. The number of aromatic nitrogens is 3. The second kappa shape index (κ2) is 10.9. The molecule has 2 heterocycles. The van der Waals surface area contributed by atoms with E-state index in [9.17, 15) is 18.8 Å². The number of halogens is 1. The van der Waals surface area contributed by atoms with Crippen molar-refractivity contribution in [1.29, 1.82) is 0 Å². The lowest BCUT2D eigenvalue weighted by atomic mass is 10.0. The second-order valence-corrected chi connectivity index (χ2v) is 9.78. The van der Waals surface area contributed by atoms with Gasteiger partial charge < -0.3 is 19.9 Å². The van der Waals surface area contributed by atoms with Crippen LogP contribution < -0.4 is 15.2 Å². The zero-order valence-corrected chi connectivity index (χ0v) is 21.9. The van der Waals surface area contributed by atoms with Crippen LogP contribution in [0, 0.1) is 5.82 Å². The predicted molar refractivity (Wildman–Crippen MR) is 140 cm³/mol. The summed E-state index contributed by atoms with van der Waals surface area (Å²) in [6.45, 7) is 5.22. The average molecular weight is 535 g/mol. The number of hydrogen-bond donors (Lipinski definition) is 1. The van der Waals surface area contributed by atoms with Gasteiger partial charge in [0, 0.05) is 36.7 Å². The topological polar surface area (TPSA) is 136 Å². The van der Waals surface area contributed by atoms with Crippen LogP contribution >= 0.6 is 0 Å². The Kier molecular flexibility index (Phi) is 7.61. The van der Waals surface area contributed by atoms with E-state index in [2.05, 4.69) is 10.1 Å². The normalized spacial score (nSPS) is 11.3. The minimum Gasteiger partial charge on any atom is -0.496 e. The summed E-state index contributed by atoms with van der Waals surface area (Å²) in [5.41, 5.74) is 6.36. The SMILES string of the molecule is COc1cc2nccc(Oc3ccc(CC(=O)Cc4cnn(C(=O)OC(C)(C)C)c4)cc3F)c2cc1C(N)=O. The van der Waals surface area contributed by atoms with Crippen molar-refractivity contribution < 1.29 is 33.0 Å². The number of carbonyl (C=O) groups is 3. The van der Waals surface area contributed by atoms with Gasteiger partial charge in [-0.05, 0) is 56.2 Å². The summed E-state index contributed by atoms with van der Waals surface area (Å²) in [5.74, 6) is -1.12. The molecule has 2 aromatic carbocycles. The molecule has 0 unspecified atom stereocenters. The van der Waals surface area contributed by atoms with Gasteiger partial charge in [0.1, 0.15) is 22.9 Å². The van der Waals surface area contributed by atoms with Crippen LogP contribution in [0.15, 0.2) is 55.0 Å². The molecule has 4 aromatic rings. The van der Waals surface area contributed by atoms with Crippen molar-refractivity contribution in [3.05, 3.63) is 77.5 Å². The Morgan fingerprint density at radius 3 is 2.41 bits per heavy atom. The Hall–Kier alpha value is -4.80. The van der Waals surface area contributed by atoms with Crippen LogP contribution in [-0.4, -0.2) is 45.3 Å². The van der Waals surface area contributed by atoms with Crippen molar-refractivity contribution in [2.24, 2.45) is 5.73 Å². The maximum absolute atomic E-state index is 15.0. The molecule has 4 rings (SSSR count). The molecule has 0 aliphatic carbocycles. The quantitative estimate of drug-likeness (QED) is 0.346. The van der Waals surface area contributed by atoms with Crippen LogP contribution in [0.1, 0.15) is 42.3 Å². The summed E-state index contributed by atoms with van der Waals surface area (Å²) < 4.78 is 32.2. The second-order valence-electron chi connectivity index (χ2n) is 9.78. The molecule has 0 aliphatic heterocycles. The number of carbonyl (C=O) groups excluding carboxylic acids is 3. The van der Waals surface area contributed by atoms with Crippen molar-refractivity contribution in [3.8, 4) is 17.2 Å². The Bertz CT molecular complexity index is 1570. The molecule has 0 radical (unpaired) electrons. The largest absolute Gasteiger partial charge is 0.496 e. The summed E-state index contributed by atoms with van der Waals surface area (Å²) in [6.07, 6.45) is 3.66. The molecule has 202 valence electrons. The molecule has 0 spiro atoms. The van der Waals surface area contributed by atoms with Gasteiger partial charge in [-0.25, -0.2) is 9.18 Å². The minimum absolute atomic E-state index is 0.0112. The fourth-order valence-electron chi connectivity index (χ4n) is 3.83. The molecule has 0 fully saturated rings. The highest BCUT2D eigenvalue weighted by Gasteiger charge is 2.20. The number of pyridine rings is 1. The average Bonchev–Trinajstić information content (AvgIpc) is 3.32. The molecular formula is C28H27FN4O6. The lowest BCUT2D eigenvalue weighted by Gasteiger charge is -2.18. The third-order valence-electron chi connectivity index (χ3n) is 5.52. The number of benzene rings is 2. The van der Waals surface area contributed by atoms with Gasteiger partial charge in [0.2, 0.25) is 0 Å². The third-order valence-corrected chi connectivity index (χ3v) is 5.52. The van der Waals surface area contributed by atoms with Gasteiger partial charge in [-0.15, -0.1) is 0 Å². The number of Topliss-reactive ketones (excluding diaryl/α,β-unsaturated/α-hetero) is 1. The number of nitrogens with two attached hydrogens (primary N) is 1. The first-order valence-electron chi connectivity index (χ1n) is 11.9. The highest BCUT2D eigenvalue weighted by Crippen LogP contribution is 2.34. The van der Waals surface area contributed by atoms with E-state index < -0.39 is 23.4 Å². The molecule has 10 nitrogen and oxygen atoms in total. The molecule has 2 aromatic heterocycles. The lowest BCUT2D eigenvalue weighted by molar-refractivity contribution is -0.117. The van der Waals surface area contributed by atoms with Crippen molar-refractivity contribution >= 4 is 28.7 Å². The van der Waals surface area contributed by atoms with Gasteiger partial charge in [0.05, 0.1) is 24.4 Å². The lowest BCUT2D eigenvalue weighted by Crippen LogP contribution is -2.27. The van der Waals surface area contributed by atoms with E-state index in [0.717, 1.165) is 4.68 Å². The van der Waals surface area contributed by atoms with Gasteiger partial charge in [-0.1, -0.05) is 6.07 Å². The Balaban J connectivity index is 1.46. The van der Waals surface area contributed by atoms with Crippen molar-refractivity contribution in [2.75, 3.05) is 7.11 Å². The standard InChI is InChI=1S/C28H27FN4O6/c1-28(2,3)39-27(36)33-15-17(14-32-33)10-18(34)9-16-5-6-24(21(29)11-16)38-23-7-8-31-22-13-25(37-4)20(26(30)35)12-19(22)23/h5-8,11-15H,9-10H2,1-4H3,(H2,30,35). The van der Waals surface area contributed by atoms with Gasteiger partial charge in [-0.2, -0.15) is 9.78 Å². The van der Waals surface area contributed by atoms with Crippen molar-refractivity contribution in [1.82, 2.24) is 14.8 Å². The molecule has 0 saturated heterocycles. The molecule has 0 atom stereocenters. The molecule has 11 heteroatoms. The van der Waals surface area contributed by atoms with Crippen LogP contribution in [0.5, 0.6) is 17.2 Å². The molecule has 0 aliphatic rings. The Morgan fingerprint density at radius 2 is 1.74 bits per heavy atom. The van der Waals surface area contributed by atoms with Crippen molar-refractivity contribution in [3.63, 3.8) is 0 Å². The smallest absolute Gasteiger partial charge is 0.435 e. The number of ketones is 1. The van der Waals surface area contributed by atoms with Gasteiger partial charge in [0.15, 0.2) is 11.6 Å². The molecular weight excluding hydrogens is 507 g/mol. The van der Waals surface area contributed by atoms with Crippen molar-refractivity contribution in [2.45, 2.75) is 39.2 Å². The fourth-order valence-corrected chi connectivity index (χ4v) is 3.83. The highest BCUT2D eigenvalue weighted by molar-refractivity contribution is 6.01. The van der Waals surface area contributed by atoms with Crippen LogP contribution in [0.4, 0.5) is 9.18 Å². The van der Waals surface area contributed by atoms with E-state index in [4.69, 9.17) is 19.9 Å². The predicted octanol–water partition coefficient (Wildman–Crippen LogP) is 4.61. The van der Waals surface area contributed by atoms with Crippen LogP contribution in [-0.2, 0) is 22.4 Å². The number of amides is 1. The summed E-state index contributed by atoms with van der Waals surface area (Å²) in [7, 11) is 1.41. The summed E-state index contributed by atoms with van der Waals surface area (Å²) in [4.78, 5) is 40.8. The number of nitrogens with zero attached hydrogens (tertiary/aromatic N) is 3. The summed E-state index contributed by atoms with van der Waals surface area (Å²) in [5, 5.41) is 4.39. The van der Waals surface area contributed by atoms with Crippen LogP contribution in [0.3, 0.4) is 0 Å². The number of hydrogen-bond acceptors (Lipinski definition) is 8. The Morgan fingerprint density at radius 1 is 1.00 bits per heavy atom. The summed E-state index contributed by atoms with van der Waals surface area (Å²) >= 11 is 0. The highest BCUT2D eigenvalue weighted by atomic mass is 19.1. The van der Waals surface area contributed by atoms with Gasteiger partial charge in [0.25, 0.3) is 5.91 Å². The summed E-state index contributed by atoms with van der Waals surface area (Å²) in [6, 6.07) is 8.79. The maximum Gasteiger partial charge on any atom is 0.435 e. The minimum atomic E-state index is -0.694. The van der Waals surface area contributed by atoms with E-state index in [1.807, 2.05) is 0 Å². The molecule has 0 saturated carbocycles. The van der Waals surface area contributed by atoms with Gasteiger partial charge in [-0.3, -0.25) is 14.6 Å². The number of fused-ring (bicyclic) bond motifs is 1. The zero-order valence-electron chi connectivity index (χ0n) is 21.9. The first-order chi connectivity index (χ1) is 18.4. The van der Waals surface area contributed by atoms with E-state index in [0.29, 0.717) is 22.0 Å². The monoisotopic (exact) mass is 534 g/mol. The third kappa shape index (κ3) is 6.56. The number of methoxy groups -OCH3 is 1. The first-order valence-corrected chi connectivity index (χ1v) is 11.9. The molecule has 39 heavy (non-hydrogen) atoms. The first kappa shape index (κ1) is 27.2. The molecule has 1 amide bonds. The van der Waals surface area contributed by atoms with E-state index >= 15 is 0 Å². The maximum atomic E-state index is 15.0.